The molecule has 7 heteroatoms. The van der Waals surface area contributed by atoms with Crippen LogP contribution in [-0.4, -0.2) is 26.0 Å². The van der Waals surface area contributed by atoms with Crippen molar-refractivity contribution in [3.8, 4) is 0 Å². The molecule has 0 aliphatic heterocycles. The van der Waals surface area contributed by atoms with Gasteiger partial charge in [-0.2, -0.15) is 0 Å². The summed E-state index contributed by atoms with van der Waals surface area (Å²) in [6.07, 6.45) is 0. The minimum absolute atomic E-state index is 0.241. The minimum atomic E-state index is -3.65. The Balaban J connectivity index is 2.79. The number of nitrogens with two attached hydrogens (primary N) is 1. The molecule has 0 radical (unpaired) electrons. The minimum Gasteiger partial charge on any atom is -0.480 e. The Labute approximate surface area is 99.5 Å². The molecule has 0 aliphatic rings. The zero-order valence-electron chi connectivity index (χ0n) is 9.09. The van der Waals surface area contributed by atoms with Crippen molar-refractivity contribution in [2.45, 2.75) is 12.3 Å². The maximum atomic E-state index is 11.6. The summed E-state index contributed by atoms with van der Waals surface area (Å²) in [5.41, 5.74) is 6.79. The first-order valence-electron chi connectivity index (χ1n) is 4.90. The van der Waals surface area contributed by atoms with E-state index >= 15 is 0 Å². The molecule has 0 amide bonds. The zero-order chi connectivity index (χ0) is 12.9. The summed E-state index contributed by atoms with van der Waals surface area (Å²) in [7, 11) is -3.65. The molecule has 0 bridgehead atoms. The van der Waals surface area contributed by atoms with E-state index in [0.717, 1.165) is 5.56 Å². The van der Waals surface area contributed by atoms with Crippen molar-refractivity contribution in [1.82, 2.24) is 4.72 Å². The van der Waals surface area contributed by atoms with E-state index in [0.29, 0.717) is 5.56 Å². The molecule has 0 atom stereocenters. The first-order valence-corrected chi connectivity index (χ1v) is 6.56. The molecule has 94 valence electrons. The number of carbonyl (C=O) groups is 1. The Hall–Kier alpha value is -1.44. The van der Waals surface area contributed by atoms with Crippen LogP contribution in [0, 0.1) is 0 Å². The van der Waals surface area contributed by atoms with Crippen molar-refractivity contribution >= 4 is 16.0 Å². The van der Waals surface area contributed by atoms with Crippen LogP contribution < -0.4 is 10.5 Å². The number of aliphatic carboxylic acids is 1. The number of rotatable bonds is 6. The van der Waals surface area contributed by atoms with E-state index in [2.05, 4.69) is 0 Å². The molecule has 1 aromatic carbocycles. The van der Waals surface area contributed by atoms with Crippen LogP contribution in [0.1, 0.15) is 11.1 Å². The van der Waals surface area contributed by atoms with Crippen LogP contribution >= 0.6 is 0 Å². The molecule has 0 aliphatic carbocycles. The molecule has 0 fully saturated rings. The highest BCUT2D eigenvalue weighted by Gasteiger charge is 2.14. The maximum absolute atomic E-state index is 11.6. The average Bonchev–Trinajstić information content (AvgIpc) is 2.27. The summed E-state index contributed by atoms with van der Waals surface area (Å²) in [4.78, 5) is 10.3. The van der Waals surface area contributed by atoms with Gasteiger partial charge in [0.2, 0.25) is 10.0 Å². The molecule has 0 saturated carbocycles. The molecular weight excluding hydrogens is 244 g/mol. The number of sulfonamides is 1. The highest BCUT2D eigenvalue weighted by Crippen LogP contribution is 2.11. The SMILES string of the molecule is NCc1ccccc1CS(=O)(=O)NCC(=O)O. The molecule has 6 nitrogen and oxygen atoms in total. The van der Waals surface area contributed by atoms with Crippen LogP contribution in [0.2, 0.25) is 0 Å². The van der Waals surface area contributed by atoms with Gasteiger partial charge in [-0.05, 0) is 11.1 Å². The number of carboxylic acid groups (broad SMARTS) is 1. The largest absolute Gasteiger partial charge is 0.480 e. The van der Waals surface area contributed by atoms with Gasteiger partial charge in [0.25, 0.3) is 0 Å². The Bertz CT molecular complexity index is 499. The van der Waals surface area contributed by atoms with E-state index < -0.39 is 22.5 Å². The third-order valence-electron chi connectivity index (χ3n) is 2.13. The summed E-state index contributed by atoms with van der Waals surface area (Å²) < 4.78 is 25.1. The molecular formula is C10H14N2O4S. The van der Waals surface area contributed by atoms with Crippen LogP contribution in [0.4, 0.5) is 0 Å². The van der Waals surface area contributed by atoms with Crippen LogP contribution in [0.5, 0.6) is 0 Å². The molecule has 1 aromatic rings. The second-order valence-corrected chi connectivity index (χ2v) is 5.25. The van der Waals surface area contributed by atoms with Gasteiger partial charge in [0, 0.05) is 6.54 Å². The first-order chi connectivity index (χ1) is 7.94. The normalized spacial score (nSPS) is 11.4. The second-order valence-electron chi connectivity index (χ2n) is 3.45. The fourth-order valence-corrected chi connectivity index (χ4v) is 2.46. The van der Waals surface area contributed by atoms with Crippen molar-refractivity contribution in [3.63, 3.8) is 0 Å². The van der Waals surface area contributed by atoms with Crippen LogP contribution in [0.15, 0.2) is 24.3 Å². The quantitative estimate of drug-likeness (QED) is 0.646. The van der Waals surface area contributed by atoms with Gasteiger partial charge in [-0.1, -0.05) is 24.3 Å². The molecule has 0 unspecified atom stereocenters. The topological polar surface area (TPSA) is 109 Å². The monoisotopic (exact) mass is 258 g/mol. The van der Waals surface area contributed by atoms with Gasteiger partial charge in [0.15, 0.2) is 0 Å². The Morgan fingerprint density at radius 1 is 1.29 bits per heavy atom. The highest BCUT2D eigenvalue weighted by molar-refractivity contribution is 7.88. The summed E-state index contributed by atoms with van der Waals surface area (Å²) in [6, 6.07) is 6.87. The van der Waals surface area contributed by atoms with Crippen molar-refractivity contribution < 1.29 is 18.3 Å². The summed E-state index contributed by atoms with van der Waals surface area (Å²) >= 11 is 0. The Morgan fingerprint density at radius 3 is 2.41 bits per heavy atom. The second kappa shape index (κ2) is 5.76. The first kappa shape index (κ1) is 13.6. The number of nitrogens with one attached hydrogen (secondary N) is 1. The molecule has 0 aromatic heterocycles. The molecule has 0 heterocycles. The van der Waals surface area contributed by atoms with E-state index in [-0.39, 0.29) is 12.3 Å². The van der Waals surface area contributed by atoms with Gasteiger partial charge in [0.05, 0.1) is 5.75 Å². The van der Waals surface area contributed by atoms with Crippen molar-refractivity contribution in [2.24, 2.45) is 5.73 Å². The Kier molecular flexibility index (Phi) is 4.62. The van der Waals surface area contributed by atoms with Gasteiger partial charge in [-0.15, -0.1) is 0 Å². The number of carboxylic acids is 1. The van der Waals surface area contributed by atoms with Gasteiger partial charge < -0.3 is 10.8 Å². The molecule has 4 N–H and O–H groups in total. The van der Waals surface area contributed by atoms with Crippen molar-refractivity contribution in [1.29, 1.82) is 0 Å². The third kappa shape index (κ3) is 4.51. The zero-order valence-corrected chi connectivity index (χ0v) is 9.90. The van der Waals surface area contributed by atoms with Gasteiger partial charge in [-0.3, -0.25) is 4.79 Å². The third-order valence-corrected chi connectivity index (χ3v) is 3.40. The lowest BCUT2D eigenvalue weighted by Gasteiger charge is -2.08. The maximum Gasteiger partial charge on any atom is 0.318 e. The number of hydrogen-bond donors (Lipinski definition) is 3. The molecule has 1 rings (SSSR count). The highest BCUT2D eigenvalue weighted by atomic mass is 32.2. The van der Waals surface area contributed by atoms with Gasteiger partial charge in [-0.25, -0.2) is 13.1 Å². The van der Waals surface area contributed by atoms with E-state index in [9.17, 15) is 13.2 Å². The van der Waals surface area contributed by atoms with Crippen molar-refractivity contribution in [3.05, 3.63) is 35.4 Å². The predicted molar refractivity (Wildman–Crippen MR) is 62.6 cm³/mol. The van der Waals surface area contributed by atoms with Crippen molar-refractivity contribution in [2.75, 3.05) is 6.54 Å². The van der Waals surface area contributed by atoms with Gasteiger partial charge >= 0.3 is 5.97 Å². The standard InChI is InChI=1S/C10H14N2O4S/c11-5-8-3-1-2-4-9(8)7-17(15,16)12-6-10(13)14/h1-4,12H,5-7,11H2,(H,13,14). The lowest BCUT2D eigenvalue weighted by Crippen LogP contribution is -2.30. The average molecular weight is 258 g/mol. The molecule has 17 heavy (non-hydrogen) atoms. The van der Waals surface area contributed by atoms with Crippen LogP contribution in [-0.2, 0) is 27.1 Å². The van der Waals surface area contributed by atoms with Crippen LogP contribution in [0.3, 0.4) is 0 Å². The Morgan fingerprint density at radius 2 is 1.88 bits per heavy atom. The molecule has 0 saturated heterocycles. The fraction of sp³-hybridized carbons (Fsp3) is 0.300. The van der Waals surface area contributed by atoms with Gasteiger partial charge in [0.1, 0.15) is 6.54 Å². The number of benzene rings is 1. The lowest BCUT2D eigenvalue weighted by molar-refractivity contribution is -0.135. The number of hydrogen-bond acceptors (Lipinski definition) is 4. The van der Waals surface area contributed by atoms with E-state index in [1.165, 1.54) is 0 Å². The molecule has 0 spiro atoms. The summed E-state index contributed by atoms with van der Waals surface area (Å²) in [6.45, 7) is -0.377. The lowest BCUT2D eigenvalue weighted by atomic mass is 10.1. The predicted octanol–water partition coefficient (Wildman–Crippen LogP) is -0.351. The fourth-order valence-electron chi connectivity index (χ4n) is 1.32. The van der Waals surface area contributed by atoms with E-state index in [1.807, 2.05) is 4.72 Å². The van der Waals surface area contributed by atoms with E-state index in [4.69, 9.17) is 10.8 Å². The summed E-state index contributed by atoms with van der Waals surface area (Å²) in [5.74, 6) is -1.49. The smallest absolute Gasteiger partial charge is 0.318 e. The van der Waals surface area contributed by atoms with Crippen LogP contribution in [0.25, 0.3) is 0 Å². The summed E-state index contributed by atoms with van der Waals surface area (Å²) in [5, 5.41) is 8.40. The van der Waals surface area contributed by atoms with E-state index in [1.54, 1.807) is 24.3 Å².